The average molecular weight is 182 g/mol. The SMILES string of the molecule is COC(=O)C12CCC(=O)C(CC1)C2. The molecular weight excluding hydrogens is 168 g/mol. The molecule has 0 heterocycles. The summed E-state index contributed by atoms with van der Waals surface area (Å²) in [5, 5.41) is 0. The zero-order chi connectivity index (χ0) is 9.47. The molecule has 13 heavy (non-hydrogen) atoms. The van der Waals surface area contributed by atoms with Gasteiger partial charge in [-0.3, -0.25) is 9.59 Å². The minimum Gasteiger partial charge on any atom is -0.469 e. The van der Waals surface area contributed by atoms with E-state index in [1.807, 2.05) is 0 Å². The van der Waals surface area contributed by atoms with Crippen molar-refractivity contribution in [2.24, 2.45) is 11.3 Å². The number of hydrogen-bond donors (Lipinski definition) is 0. The minimum absolute atomic E-state index is 0.109. The Morgan fingerprint density at radius 2 is 2.31 bits per heavy atom. The van der Waals surface area contributed by atoms with E-state index in [2.05, 4.69) is 0 Å². The van der Waals surface area contributed by atoms with E-state index in [0.29, 0.717) is 18.6 Å². The van der Waals surface area contributed by atoms with Gasteiger partial charge in [0.15, 0.2) is 0 Å². The molecule has 0 saturated heterocycles. The summed E-state index contributed by atoms with van der Waals surface area (Å²) in [6.07, 6.45) is 3.73. The number of Topliss-reactive ketones (excluding diaryl/α,β-unsaturated/α-hetero) is 1. The number of methoxy groups -OCH3 is 1. The van der Waals surface area contributed by atoms with Crippen molar-refractivity contribution in [2.75, 3.05) is 7.11 Å². The fourth-order valence-electron chi connectivity index (χ4n) is 2.70. The summed E-state index contributed by atoms with van der Waals surface area (Å²) in [6, 6.07) is 0. The Morgan fingerprint density at radius 1 is 1.54 bits per heavy atom. The second kappa shape index (κ2) is 2.82. The molecule has 2 fully saturated rings. The summed E-state index contributed by atoms with van der Waals surface area (Å²) < 4.78 is 4.80. The van der Waals surface area contributed by atoms with Crippen molar-refractivity contribution in [1.82, 2.24) is 0 Å². The van der Waals surface area contributed by atoms with Gasteiger partial charge in [-0.1, -0.05) is 0 Å². The van der Waals surface area contributed by atoms with Gasteiger partial charge < -0.3 is 4.74 Å². The van der Waals surface area contributed by atoms with E-state index in [9.17, 15) is 9.59 Å². The lowest BCUT2D eigenvalue weighted by atomic mass is 9.75. The van der Waals surface area contributed by atoms with E-state index in [1.54, 1.807) is 0 Å². The third-order valence-electron chi connectivity index (χ3n) is 3.53. The molecule has 2 aliphatic rings. The molecule has 0 N–H and O–H groups in total. The Hall–Kier alpha value is -0.860. The fraction of sp³-hybridized carbons (Fsp3) is 0.800. The number of carbonyl (C=O) groups excluding carboxylic acids is 2. The average Bonchev–Trinajstić information content (AvgIpc) is 2.53. The summed E-state index contributed by atoms with van der Waals surface area (Å²) in [4.78, 5) is 22.9. The van der Waals surface area contributed by atoms with Crippen LogP contribution in [0.5, 0.6) is 0 Å². The predicted octanol–water partition coefficient (Wildman–Crippen LogP) is 1.31. The Kier molecular flexibility index (Phi) is 1.90. The summed E-state index contributed by atoms with van der Waals surface area (Å²) in [6.45, 7) is 0. The molecule has 2 unspecified atom stereocenters. The van der Waals surface area contributed by atoms with Crippen molar-refractivity contribution < 1.29 is 14.3 Å². The van der Waals surface area contributed by atoms with Crippen LogP contribution in [0.25, 0.3) is 0 Å². The van der Waals surface area contributed by atoms with Crippen molar-refractivity contribution in [3.05, 3.63) is 0 Å². The van der Waals surface area contributed by atoms with Crippen LogP contribution in [0, 0.1) is 11.3 Å². The van der Waals surface area contributed by atoms with Crippen LogP contribution in [0.4, 0.5) is 0 Å². The van der Waals surface area contributed by atoms with Crippen LogP contribution in [0.3, 0.4) is 0 Å². The van der Waals surface area contributed by atoms with Gasteiger partial charge in [0.05, 0.1) is 12.5 Å². The van der Waals surface area contributed by atoms with Gasteiger partial charge in [0.1, 0.15) is 5.78 Å². The second-order valence-corrected chi connectivity index (χ2v) is 4.18. The van der Waals surface area contributed by atoms with Crippen LogP contribution in [0.15, 0.2) is 0 Å². The van der Waals surface area contributed by atoms with Crippen LogP contribution in [0.2, 0.25) is 0 Å². The van der Waals surface area contributed by atoms with E-state index >= 15 is 0 Å². The Bertz CT molecular complexity index is 259. The highest BCUT2D eigenvalue weighted by Gasteiger charge is 2.51. The molecule has 0 aliphatic heterocycles. The number of rotatable bonds is 1. The summed E-state index contributed by atoms with van der Waals surface area (Å²) >= 11 is 0. The summed E-state index contributed by atoms with van der Waals surface area (Å²) in [5.74, 6) is 0.382. The number of hydrogen-bond acceptors (Lipinski definition) is 3. The maximum atomic E-state index is 11.5. The first kappa shape index (κ1) is 8.73. The first-order valence-electron chi connectivity index (χ1n) is 4.79. The van der Waals surface area contributed by atoms with E-state index in [1.165, 1.54) is 7.11 Å². The van der Waals surface area contributed by atoms with Gasteiger partial charge >= 0.3 is 5.97 Å². The summed E-state index contributed by atoms with van der Waals surface area (Å²) in [7, 11) is 1.43. The minimum atomic E-state index is -0.298. The Labute approximate surface area is 77.4 Å². The quantitative estimate of drug-likeness (QED) is 0.574. The van der Waals surface area contributed by atoms with Gasteiger partial charge in [0.2, 0.25) is 0 Å². The molecule has 3 heteroatoms. The van der Waals surface area contributed by atoms with Crippen molar-refractivity contribution >= 4 is 11.8 Å². The number of ketones is 1. The van der Waals surface area contributed by atoms with E-state index in [0.717, 1.165) is 19.3 Å². The third kappa shape index (κ3) is 1.18. The number of ether oxygens (including phenoxy) is 1. The van der Waals surface area contributed by atoms with Crippen LogP contribution in [0.1, 0.15) is 32.1 Å². The highest BCUT2D eigenvalue weighted by Crippen LogP contribution is 2.50. The van der Waals surface area contributed by atoms with Gasteiger partial charge in [0.25, 0.3) is 0 Å². The molecule has 2 rings (SSSR count). The standard InChI is InChI=1S/C10H14O3/c1-13-9(12)10-4-2-7(6-10)8(11)3-5-10/h7H,2-6H2,1H3. The summed E-state index contributed by atoms with van der Waals surface area (Å²) in [5.41, 5.74) is -0.298. The van der Waals surface area contributed by atoms with Crippen molar-refractivity contribution in [1.29, 1.82) is 0 Å². The molecule has 2 bridgehead atoms. The highest BCUT2D eigenvalue weighted by atomic mass is 16.5. The second-order valence-electron chi connectivity index (χ2n) is 4.18. The molecule has 72 valence electrons. The molecule has 0 aromatic heterocycles. The lowest BCUT2D eigenvalue weighted by Crippen LogP contribution is -2.34. The smallest absolute Gasteiger partial charge is 0.311 e. The van der Waals surface area contributed by atoms with Gasteiger partial charge in [-0.05, 0) is 25.7 Å². The molecule has 0 spiro atoms. The zero-order valence-electron chi connectivity index (χ0n) is 7.84. The number of fused-ring (bicyclic) bond motifs is 2. The van der Waals surface area contributed by atoms with Crippen LogP contribution >= 0.6 is 0 Å². The first-order valence-corrected chi connectivity index (χ1v) is 4.79. The van der Waals surface area contributed by atoms with Gasteiger partial charge in [0, 0.05) is 12.3 Å². The fourth-order valence-corrected chi connectivity index (χ4v) is 2.70. The van der Waals surface area contributed by atoms with E-state index in [4.69, 9.17) is 4.74 Å². The normalized spacial score (nSPS) is 37.6. The zero-order valence-corrected chi connectivity index (χ0v) is 7.84. The number of carbonyl (C=O) groups is 2. The van der Waals surface area contributed by atoms with Gasteiger partial charge in [-0.25, -0.2) is 0 Å². The van der Waals surface area contributed by atoms with Gasteiger partial charge in [-0.2, -0.15) is 0 Å². The van der Waals surface area contributed by atoms with Gasteiger partial charge in [-0.15, -0.1) is 0 Å². The lowest BCUT2D eigenvalue weighted by molar-refractivity contribution is -0.154. The topological polar surface area (TPSA) is 43.4 Å². The molecule has 0 aromatic carbocycles. The molecule has 0 amide bonds. The van der Waals surface area contributed by atoms with Crippen LogP contribution in [-0.2, 0) is 14.3 Å². The molecule has 0 aromatic rings. The van der Waals surface area contributed by atoms with Crippen molar-refractivity contribution in [2.45, 2.75) is 32.1 Å². The molecular formula is C10H14O3. The predicted molar refractivity (Wildman–Crippen MR) is 46.0 cm³/mol. The molecule has 2 atom stereocenters. The Balaban J connectivity index is 2.19. The number of esters is 1. The molecule has 2 aliphatic carbocycles. The van der Waals surface area contributed by atoms with Crippen molar-refractivity contribution in [3.8, 4) is 0 Å². The van der Waals surface area contributed by atoms with Crippen LogP contribution in [-0.4, -0.2) is 18.9 Å². The van der Waals surface area contributed by atoms with E-state index < -0.39 is 0 Å². The van der Waals surface area contributed by atoms with Crippen LogP contribution < -0.4 is 0 Å². The Morgan fingerprint density at radius 3 is 3.00 bits per heavy atom. The van der Waals surface area contributed by atoms with E-state index in [-0.39, 0.29) is 17.3 Å². The molecule has 0 radical (unpaired) electrons. The maximum Gasteiger partial charge on any atom is 0.311 e. The first-order chi connectivity index (χ1) is 6.18. The third-order valence-corrected chi connectivity index (χ3v) is 3.53. The largest absolute Gasteiger partial charge is 0.469 e. The maximum absolute atomic E-state index is 11.5. The highest BCUT2D eigenvalue weighted by molar-refractivity contribution is 5.87. The lowest BCUT2D eigenvalue weighted by Gasteiger charge is -2.29. The van der Waals surface area contributed by atoms with Crippen molar-refractivity contribution in [3.63, 3.8) is 0 Å². The molecule has 3 nitrogen and oxygen atoms in total. The monoisotopic (exact) mass is 182 g/mol. The molecule has 2 saturated carbocycles.